The molecule has 3 rings (SSSR count). The van der Waals surface area contributed by atoms with E-state index in [-0.39, 0.29) is 6.10 Å². The van der Waals surface area contributed by atoms with Gasteiger partial charge in [0.05, 0.1) is 25.6 Å². The number of ether oxygens (including phenoxy) is 2. The van der Waals surface area contributed by atoms with Crippen LogP contribution in [-0.2, 0) is 22.4 Å². The van der Waals surface area contributed by atoms with Crippen molar-refractivity contribution in [1.29, 1.82) is 0 Å². The molecule has 0 spiro atoms. The Hall–Kier alpha value is -1.65. The molecule has 1 aliphatic rings. The molecule has 2 atom stereocenters. The van der Waals surface area contributed by atoms with Gasteiger partial charge in [-0.3, -0.25) is 0 Å². The number of rotatable bonds is 6. The zero-order valence-corrected chi connectivity index (χ0v) is 14.2. The van der Waals surface area contributed by atoms with E-state index in [4.69, 9.17) is 9.47 Å². The second-order valence-corrected chi connectivity index (χ2v) is 6.78. The maximum Gasteiger partial charge on any atom is 0.187 e. The van der Waals surface area contributed by atoms with Crippen molar-refractivity contribution in [2.45, 2.75) is 58.0 Å². The molecule has 124 valence electrons. The van der Waals surface area contributed by atoms with E-state index in [9.17, 15) is 0 Å². The quantitative estimate of drug-likeness (QED) is 0.814. The lowest BCUT2D eigenvalue weighted by atomic mass is 9.99. The van der Waals surface area contributed by atoms with Gasteiger partial charge < -0.3 is 14.0 Å². The molecule has 0 radical (unpaired) electrons. The molecule has 0 saturated carbocycles. The topological polar surface area (TPSA) is 36.3 Å². The summed E-state index contributed by atoms with van der Waals surface area (Å²) in [6.07, 6.45) is 7.48. The Kier molecular flexibility index (Phi) is 4.83. The van der Waals surface area contributed by atoms with Crippen LogP contribution >= 0.6 is 0 Å². The van der Waals surface area contributed by atoms with E-state index < -0.39 is 5.79 Å². The zero-order valence-electron chi connectivity index (χ0n) is 14.2. The molecule has 1 aromatic heterocycles. The molecule has 2 aromatic rings. The average Bonchev–Trinajstić information content (AvgIpc) is 3.16. The molecular formula is C19H26N2O2. The Morgan fingerprint density at radius 1 is 1.30 bits per heavy atom. The third-order valence-electron chi connectivity index (χ3n) is 4.42. The third kappa shape index (κ3) is 4.01. The summed E-state index contributed by atoms with van der Waals surface area (Å²) < 4.78 is 14.2. The zero-order chi connectivity index (χ0) is 16.3. The summed E-state index contributed by atoms with van der Waals surface area (Å²) >= 11 is 0. The van der Waals surface area contributed by atoms with Crippen LogP contribution in [0.5, 0.6) is 0 Å². The van der Waals surface area contributed by atoms with Gasteiger partial charge in [0, 0.05) is 18.8 Å². The Balaban J connectivity index is 1.67. The van der Waals surface area contributed by atoms with E-state index in [0.717, 1.165) is 12.8 Å². The fourth-order valence-corrected chi connectivity index (χ4v) is 3.06. The molecule has 1 fully saturated rings. The van der Waals surface area contributed by atoms with Gasteiger partial charge in [-0.15, -0.1) is 0 Å². The van der Waals surface area contributed by atoms with Crippen molar-refractivity contribution in [3.63, 3.8) is 0 Å². The predicted octanol–water partition coefficient (Wildman–Crippen LogP) is 3.77. The molecule has 1 aromatic carbocycles. The van der Waals surface area contributed by atoms with Gasteiger partial charge >= 0.3 is 0 Å². The molecule has 0 amide bonds. The summed E-state index contributed by atoms with van der Waals surface area (Å²) in [5.41, 5.74) is 2.70. The Labute approximate surface area is 138 Å². The standard InChI is InChI=1S/C19H26N2O2/c1-15(2)18-6-4-17(5-7-18)8-9-19(22-12-16(3)23-19)13-21-11-10-20-14-21/h4-7,10-11,14-16H,8-9,12-13H2,1-3H3. The first kappa shape index (κ1) is 16.2. The van der Waals surface area contributed by atoms with Crippen molar-refractivity contribution < 1.29 is 9.47 Å². The number of hydrogen-bond acceptors (Lipinski definition) is 3. The lowest BCUT2D eigenvalue weighted by Gasteiger charge is -2.28. The number of nitrogens with zero attached hydrogens (tertiary/aromatic N) is 2. The summed E-state index contributed by atoms with van der Waals surface area (Å²) in [6.45, 7) is 7.84. The van der Waals surface area contributed by atoms with Crippen LogP contribution in [0.2, 0.25) is 0 Å². The van der Waals surface area contributed by atoms with Crippen LogP contribution in [0.4, 0.5) is 0 Å². The van der Waals surface area contributed by atoms with Gasteiger partial charge in [0.15, 0.2) is 5.79 Å². The first-order chi connectivity index (χ1) is 11.1. The summed E-state index contributed by atoms with van der Waals surface area (Å²) in [6, 6.07) is 8.89. The smallest absolute Gasteiger partial charge is 0.187 e. The molecule has 4 nitrogen and oxygen atoms in total. The van der Waals surface area contributed by atoms with Gasteiger partial charge in [-0.1, -0.05) is 38.1 Å². The third-order valence-corrected chi connectivity index (χ3v) is 4.42. The van der Waals surface area contributed by atoms with Gasteiger partial charge in [0.1, 0.15) is 0 Å². The minimum atomic E-state index is -0.545. The van der Waals surface area contributed by atoms with E-state index in [2.05, 4.69) is 50.0 Å². The van der Waals surface area contributed by atoms with E-state index in [0.29, 0.717) is 19.1 Å². The lowest BCUT2D eigenvalue weighted by Crippen LogP contribution is -2.36. The number of hydrogen-bond donors (Lipinski definition) is 0. The second-order valence-electron chi connectivity index (χ2n) is 6.78. The highest BCUT2D eigenvalue weighted by Crippen LogP contribution is 2.30. The Bertz CT molecular complexity index is 607. The highest BCUT2D eigenvalue weighted by molar-refractivity contribution is 5.24. The maximum absolute atomic E-state index is 6.14. The highest BCUT2D eigenvalue weighted by Gasteiger charge is 2.39. The van der Waals surface area contributed by atoms with Crippen LogP contribution < -0.4 is 0 Å². The monoisotopic (exact) mass is 314 g/mol. The van der Waals surface area contributed by atoms with Crippen LogP contribution in [0.3, 0.4) is 0 Å². The van der Waals surface area contributed by atoms with Gasteiger partial charge in [0.2, 0.25) is 0 Å². The van der Waals surface area contributed by atoms with E-state index in [1.54, 1.807) is 6.20 Å². The SMILES string of the molecule is CC1COC(CCc2ccc(C(C)C)cc2)(Cn2ccnc2)O1. The number of imidazole rings is 1. The van der Waals surface area contributed by atoms with Gasteiger partial charge in [-0.25, -0.2) is 4.98 Å². The normalized spacial score (nSPS) is 24.4. The fraction of sp³-hybridized carbons (Fsp3) is 0.526. The van der Waals surface area contributed by atoms with Crippen molar-refractivity contribution in [2.75, 3.05) is 6.61 Å². The summed E-state index contributed by atoms with van der Waals surface area (Å²) in [7, 11) is 0. The summed E-state index contributed by atoms with van der Waals surface area (Å²) in [4.78, 5) is 4.11. The molecule has 0 bridgehead atoms. The van der Waals surface area contributed by atoms with E-state index in [1.807, 2.05) is 17.1 Å². The first-order valence-electron chi connectivity index (χ1n) is 8.43. The lowest BCUT2D eigenvalue weighted by molar-refractivity contribution is -0.180. The first-order valence-corrected chi connectivity index (χ1v) is 8.43. The van der Waals surface area contributed by atoms with Crippen LogP contribution in [-0.4, -0.2) is 28.0 Å². The minimum Gasteiger partial charge on any atom is -0.345 e. The minimum absolute atomic E-state index is 0.141. The Morgan fingerprint density at radius 2 is 2.09 bits per heavy atom. The molecule has 2 unspecified atom stereocenters. The summed E-state index contributed by atoms with van der Waals surface area (Å²) in [5.74, 6) is 0.0237. The van der Waals surface area contributed by atoms with Crippen molar-refractivity contribution in [2.24, 2.45) is 0 Å². The van der Waals surface area contributed by atoms with E-state index in [1.165, 1.54) is 11.1 Å². The van der Waals surface area contributed by atoms with Crippen molar-refractivity contribution in [1.82, 2.24) is 9.55 Å². The van der Waals surface area contributed by atoms with Crippen LogP contribution in [0, 0.1) is 0 Å². The molecule has 1 saturated heterocycles. The van der Waals surface area contributed by atoms with Crippen molar-refractivity contribution in [3.8, 4) is 0 Å². The van der Waals surface area contributed by atoms with E-state index >= 15 is 0 Å². The van der Waals surface area contributed by atoms with Crippen molar-refractivity contribution in [3.05, 3.63) is 54.1 Å². The molecule has 0 aliphatic carbocycles. The van der Waals surface area contributed by atoms with Crippen LogP contribution in [0.1, 0.15) is 44.2 Å². The molecule has 2 heterocycles. The highest BCUT2D eigenvalue weighted by atomic mass is 16.7. The Morgan fingerprint density at radius 3 is 2.65 bits per heavy atom. The molecule has 23 heavy (non-hydrogen) atoms. The fourth-order valence-electron chi connectivity index (χ4n) is 3.06. The molecule has 0 N–H and O–H groups in total. The number of aromatic nitrogens is 2. The predicted molar refractivity (Wildman–Crippen MR) is 90.3 cm³/mol. The van der Waals surface area contributed by atoms with Crippen LogP contribution in [0.25, 0.3) is 0 Å². The number of aryl methyl sites for hydroxylation is 1. The molecular weight excluding hydrogens is 288 g/mol. The molecule has 4 heteroatoms. The number of benzene rings is 1. The largest absolute Gasteiger partial charge is 0.345 e. The van der Waals surface area contributed by atoms with Gasteiger partial charge in [0.25, 0.3) is 0 Å². The van der Waals surface area contributed by atoms with Gasteiger partial charge in [-0.2, -0.15) is 0 Å². The van der Waals surface area contributed by atoms with Gasteiger partial charge in [-0.05, 0) is 30.4 Å². The summed E-state index contributed by atoms with van der Waals surface area (Å²) in [5, 5.41) is 0. The molecule has 1 aliphatic heterocycles. The maximum atomic E-state index is 6.14. The van der Waals surface area contributed by atoms with Crippen molar-refractivity contribution >= 4 is 0 Å². The average molecular weight is 314 g/mol. The van der Waals surface area contributed by atoms with Crippen LogP contribution in [0.15, 0.2) is 43.0 Å². The second kappa shape index (κ2) is 6.85.